The predicted octanol–water partition coefficient (Wildman–Crippen LogP) is 5.10. The van der Waals surface area contributed by atoms with Crippen LogP contribution in [0, 0.1) is 18.7 Å². The van der Waals surface area contributed by atoms with Gasteiger partial charge in [-0.05, 0) is 74.9 Å². The molecular formula is C27H33FN4O3. The number of hydrogen-bond acceptors (Lipinski definition) is 7. The number of benzene rings is 2. The second-order valence-corrected chi connectivity index (χ2v) is 9.43. The number of fused-ring (bicyclic) bond motifs is 2. The third kappa shape index (κ3) is 5.49. The van der Waals surface area contributed by atoms with Crippen LogP contribution in [0.15, 0.2) is 36.7 Å². The lowest BCUT2D eigenvalue weighted by Crippen LogP contribution is -2.47. The zero-order valence-electron chi connectivity index (χ0n) is 20.4. The number of methoxy groups -OCH3 is 1. The van der Waals surface area contributed by atoms with E-state index in [-0.39, 0.29) is 5.82 Å². The van der Waals surface area contributed by atoms with Gasteiger partial charge in [-0.3, -0.25) is 0 Å². The summed E-state index contributed by atoms with van der Waals surface area (Å²) in [5.74, 6) is 2.42. The maximum Gasteiger partial charge on any atom is 0.162 e. The third-order valence-corrected chi connectivity index (χ3v) is 7.05. The molecule has 2 aromatic carbocycles. The summed E-state index contributed by atoms with van der Waals surface area (Å²) in [6, 6.07) is 8.66. The largest absolute Gasteiger partial charge is 0.493 e. The van der Waals surface area contributed by atoms with E-state index in [0.29, 0.717) is 35.6 Å². The standard InChI is InChI=1S/C27H33FN4O3/c1-18-13-20(6-7-22(18)28)31-27-21-14-25(24(33-2)15-23(21)29-17-30-27)34-12-4-9-32-10-8-19-5-3-11-35-26(19)16-32/h6-7,13-15,17,19,26H,3-5,8-12,16H2,1-2H3,(H,29,30,31). The SMILES string of the molecule is COc1cc2ncnc(Nc3ccc(F)c(C)c3)c2cc1OCCCN1CCC2CCCOC2C1. The second-order valence-electron chi connectivity index (χ2n) is 9.43. The van der Waals surface area contributed by atoms with Crippen molar-refractivity contribution in [3.63, 3.8) is 0 Å². The first kappa shape index (κ1) is 23.8. The highest BCUT2D eigenvalue weighted by Crippen LogP contribution is 2.35. The maximum absolute atomic E-state index is 13.7. The molecule has 0 aliphatic carbocycles. The molecule has 2 aliphatic heterocycles. The fraction of sp³-hybridized carbons (Fsp3) is 0.481. The van der Waals surface area contributed by atoms with Gasteiger partial charge in [-0.15, -0.1) is 0 Å². The molecule has 0 saturated carbocycles. The van der Waals surface area contributed by atoms with E-state index >= 15 is 0 Å². The molecule has 1 N–H and O–H groups in total. The van der Waals surface area contributed by atoms with E-state index in [1.165, 1.54) is 31.7 Å². The normalized spacial score (nSPS) is 20.4. The van der Waals surface area contributed by atoms with Crippen LogP contribution in [0.5, 0.6) is 11.5 Å². The Balaban J connectivity index is 1.25. The molecule has 5 rings (SSSR count). The Hall–Kier alpha value is -2.97. The van der Waals surface area contributed by atoms with Crippen LogP contribution in [0.3, 0.4) is 0 Å². The summed E-state index contributed by atoms with van der Waals surface area (Å²) in [4.78, 5) is 11.3. The Bertz CT molecular complexity index is 1170. The van der Waals surface area contributed by atoms with Gasteiger partial charge in [0.15, 0.2) is 11.5 Å². The summed E-state index contributed by atoms with van der Waals surface area (Å²) in [5.41, 5.74) is 2.06. The van der Waals surface area contributed by atoms with Crippen LogP contribution in [-0.2, 0) is 4.74 Å². The van der Waals surface area contributed by atoms with E-state index in [0.717, 1.165) is 55.2 Å². The molecule has 2 fully saturated rings. The van der Waals surface area contributed by atoms with Crippen molar-refractivity contribution in [2.75, 3.05) is 45.3 Å². The topological polar surface area (TPSA) is 68.7 Å². The zero-order chi connectivity index (χ0) is 24.2. The van der Waals surface area contributed by atoms with Gasteiger partial charge in [-0.2, -0.15) is 0 Å². The minimum atomic E-state index is -0.237. The van der Waals surface area contributed by atoms with Crippen molar-refractivity contribution in [2.45, 2.75) is 38.7 Å². The summed E-state index contributed by atoms with van der Waals surface area (Å²) >= 11 is 0. The molecule has 3 heterocycles. The fourth-order valence-corrected chi connectivity index (χ4v) is 5.10. The van der Waals surface area contributed by atoms with Crippen LogP contribution in [0.1, 0.15) is 31.2 Å². The maximum atomic E-state index is 13.7. The summed E-state index contributed by atoms with van der Waals surface area (Å²) in [7, 11) is 1.63. The van der Waals surface area contributed by atoms with Crippen molar-refractivity contribution in [3.05, 3.63) is 48.0 Å². The fourth-order valence-electron chi connectivity index (χ4n) is 5.10. The highest BCUT2D eigenvalue weighted by atomic mass is 19.1. The number of hydrogen-bond donors (Lipinski definition) is 1. The van der Waals surface area contributed by atoms with E-state index in [1.54, 1.807) is 26.2 Å². The molecule has 1 aromatic heterocycles. The summed E-state index contributed by atoms with van der Waals surface area (Å²) < 4.78 is 31.4. The van der Waals surface area contributed by atoms with Gasteiger partial charge in [0.1, 0.15) is 18.0 Å². The number of aromatic nitrogens is 2. The van der Waals surface area contributed by atoms with Crippen molar-refractivity contribution in [1.82, 2.24) is 14.9 Å². The molecule has 35 heavy (non-hydrogen) atoms. The number of ether oxygens (including phenoxy) is 3. The lowest BCUT2D eigenvalue weighted by Gasteiger charge is -2.41. The minimum Gasteiger partial charge on any atom is -0.493 e. The predicted molar refractivity (Wildman–Crippen MR) is 134 cm³/mol. The molecule has 7 nitrogen and oxygen atoms in total. The van der Waals surface area contributed by atoms with Crippen molar-refractivity contribution in [1.29, 1.82) is 0 Å². The number of nitrogens with one attached hydrogen (secondary N) is 1. The van der Waals surface area contributed by atoms with Gasteiger partial charge in [0.2, 0.25) is 0 Å². The lowest BCUT2D eigenvalue weighted by molar-refractivity contribution is -0.0694. The number of likely N-dealkylation sites (tertiary alicyclic amines) is 1. The number of piperidine rings is 1. The first-order valence-electron chi connectivity index (χ1n) is 12.4. The first-order valence-corrected chi connectivity index (χ1v) is 12.4. The van der Waals surface area contributed by atoms with Crippen molar-refractivity contribution >= 4 is 22.4 Å². The first-order chi connectivity index (χ1) is 17.1. The summed E-state index contributed by atoms with van der Waals surface area (Å²) in [6.45, 7) is 6.38. The van der Waals surface area contributed by atoms with E-state index in [4.69, 9.17) is 14.2 Å². The van der Waals surface area contributed by atoms with Crippen LogP contribution in [0.25, 0.3) is 10.9 Å². The highest BCUT2D eigenvalue weighted by Gasteiger charge is 2.31. The van der Waals surface area contributed by atoms with E-state index in [1.807, 2.05) is 12.1 Å². The number of nitrogens with zero attached hydrogens (tertiary/aromatic N) is 3. The van der Waals surface area contributed by atoms with E-state index < -0.39 is 0 Å². The number of aryl methyl sites for hydroxylation is 1. The molecule has 3 aromatic rings. The highest BCUT2D eigenvalue weighted by molar-refractivity contribution is 5.93. The Kier molecular flexibility index (Phi) is 7.29. The minimum absolute atomic E-state index is 0.237. The Morgan fingerprint density at radius 3 is 2.94 bits per heavy atom. The van der Waals surface area contributed by atoms with Crippen LogP contribution in [0.2, 0.25) is 0 Å². The van der Waals surface area contributed by atoms with E-state index in [9.17, 15) is 4.39 Å². The van der Waals surface area contributed by atoms with Gasteiger partial charge < -0.3 is 24.4 Å². The molecule has 2 saturated heterocycles. The third-order valence-electron chi connectivity index (χ3n) is 7.05. The van der Waals surface area contributed by atoms with E-state index in [2.05, 4.69) is 20.2 Å². The monoisotopic (exact) mass is 480 g/mol. The molecule has 2 atom stereocenters. The van der Waals surface area contributed by atoms with Crippen molar-refractivity contribution in [3.8, 4) is 11.5 Å². The van der Waals surface area contributed by atoms with Crippen LogP contribution in [0.4, 0.5) is 15.9 Å². The molecule has 0 bridgehead atoms. The average molecular weight is 481 g/mol. The van der Waals surface area contributed by atoms with Gasteiger partial charge in [0, 0.05) is 36.8 Å². The quantitative estimate of drug-likeness (QED) is 0.450. The molecule has 0 radical (unpaired) electrons. The van der Waals surface area contributed by atoms with Crippen molar-refractivity contribution in [2.24, 2.45) is 5.92 Å². The number of rotatable bonds is 8. The van der Waals surface area contributed by atoms with Crippen molar-refractivity contribution < 1.29 is 18.6 Å². The molecule has 2 aliphatic rings. The Morgan fingerprint density at radius 2 is 2.09 bits per heavy atom. The van der Waals surface area contributed by atoms with Gasteiger partial charge in [-0.25, -0.2) is 14.4 Å². The van der Waals surface area contributed by atoms with Crippen LogP contribution >= 0.6 is 0 Å². The molecule has 8 heteroatoms. The van der Waals surface area contributed by atoms with Crippen LogP contribution < -0.4 is 14.8 Å². The molecule has 186 valence electrons. The summed E-state index contributed by atoms with van der Waals surface area (Å²) in [5, 5.41) is 4.09. The molecule has 0 amide bonds. The Morgan fingerprint density at radius 1 is 1.17 bits per heavy atom. The second kappa shape index (κ2) is 10.7. The van der Waals surface area contributed by atoms with Gasteiger partial charge in [0.05, 0.1) is 25.3 Å². The molecular weight excluding hydrogens is 447 g/mol. The number of anilines is 2. The van der Waals surface area contributed by atoms with Gasteiger partial charge in [-0.1, -0.05) is 0 Å². The molecule has 0 spiro atoms. The number of halogens is 1. The van der Waals surface area contributed by atoms with Gasteiger partial charge >= 0.3 is 0 Å². The van der Waals surface area contributed by atoms with Gasteiger partial charge in [0.25, 0.3) is 0 Å². The zero-order valence-corrected chi connectivity index (χ0v) is 20.4. The summed E-state index contributed by atoms with van der Waals surface area (Å²) in [6.07, 6.45) is 6.56. The van der Waals surface area contributed by atoms with Crippen LogP contribution in [-0.4, -0.2) is 60.9 Å². The molecule has 2 unspecified atom stereocenters. The Labute approximate surface area is 205 Å². The smallest absolute Gasteiger partial charge is 0.162 e. The lowest BCUT2D eigenvalue weighted by atomic mass is 9.88. The average Bonchev–Trinajstić information content (AvgIpc) is 2.88.